The average Bonchev–Trinajstić information content (AvgIpc) is 2.93. The molecule has 1 fully saturated rings. The molecule has 3 aliphatic rings. The monoisotopic (exact) mass is 368 g/mol. The molecule has 0 radical (unpaired) electrons. The molecule has 5 nitrogen and oxygen atoms in total. The third kappa shape index (κ3) is 2.93. The van der Waals surface area contributed by atoms with Crippen molar-refractivity contribution in [1.82, 2.24) is 9.13 Å². The fourth-order valence-corrected chi connectivity index (χ4v) is 4.95. The van der Waals surface area contributed by atoms with Gasteiger partial charge in [0.2, 0.25) is 0 Å². The molecular weight excluding hydrogens is 340 g/mol. The van der Waals surface area contributed by atoms with Crippen LogP contribution in [0.2, 0.25) is 0 Å². The van der Waals surface area contributed by atoms with E-state index in [1.807, 2.05) is 31.2 Å². The van der Waals surface area contributed by atoms with E-state index in [1.54, 1.807) is 4.57 Å². The average molecular weight is 368 g/mol. The van der Waals surface area contributed by atoms with E-state index in [4.69, 9.17) is 4.74 Å². The predicted molar refractivity (Wildman–Crippen MR) is 106 cm³/mol. The molecule has 5 rings (SSSR count). The first kappa shape index (κ1) is 18.1. The summed E-state index contributed by atoms with van der Waals surface area (Å²) >= 11 is 0. The van der Waals surface area contributed by atoms with Crippen LogP contribution < -0.4 is 5.69 Å². The van der Waals surface area contributed by atoms with Gasteiger partial charge in [0.05, 0.1) is 17.6 Å². The molecule has 3 aliphatic carbocycles. The van der Waals surface area contributed by atoms with Crippen LogP contribution in [-0.2, 0) is 22.6 Å². The van der Waals surface area contributed by atoms with E-state index in [1.165, 1.54) is 16.6 Å². The first-order valence-electron chi connectivity index (χ1n) is 9.96. The van der Waals surface area contributed by atoms with Gasteiger partial charge in [0.1, 0.15) is 6.54 Å². The van der Waals surface area contributed by atoms with Crippen molar-refractivity contribution in [3.8, 4) is 0 Å². The molecule has 144 valence electrons. The summed E-state index contributed by atoms with van der Waals surface area (Å²) in [4.78, 5) is 25.0. The van der Waals surface area contributed by atoms with Crippen LogP contribution in [0.4, 0.5) is 0 Å². The second kappa shape index (κ2) is 6.70. The zero-order valence-corrected chi connectivity index (χ0v) is 16.4. The number of carbonyl (C=O) groups is 1. The van der Waals surface area contributed by atoms with Crippen LogP contribution in [0.15, 0.2) is 40.7 Å². The fourth-order valence-electron chi connectivity index (χ4n) is 4.95. The van der Waals surface area contributed by atoms with Crippen LogP contribution >= 0.6 is 0 Å². The van der Waals surface area contributed by atoms with Crippen LogP contribution in [0.5, 0.6) is 0 Å². The molecule has 1 saturated carbocycles. The van der Waals surface area contributed by atoms with Crippen molar-refractivity contribution in [1.29, 1.82) is 0 Å². The Labute approximate surface area is 159 Å². The highest BCUT2D eigenvalue weighted by molar-refractivity contribution is 5.78. The standard InChI is InChI=1S/C22H28N2O3/c1-4-23-18-7-5-6-8-19(18)24(21(23)26)14-20(25)27-12-11-15-9-10-16-13-17(15)22(16,2)3/h5-9,16-17H,4,10-14H2,1-3H3/t16-,17-/m0/s1. The molecule has 0 spiro atoms. The normalized spacial score (nSPS) is 23.0. The number of rotatable bonds is 6. The SMILES string of the molecule is CCn1c(=O)n(CC(=O)OCCC2=CC[C@H]3C[C@@H]2C3(C)C)c2ccccc21. The van der Waals surface area contributed by atoms with E-state index in [2.05, 4.69) is 19.9 Å². The van der Waals surface area contributed by atoms with Crippen LogP contribution in [0, 0.1) is 17.3 Å². The van der Waals surface area contributed by atoms with Gasteiger partial charge in [-0.2, -0.15) is 0 Å². The molecule has 2 atom stereocenters. The Hall–Kier alpha value is -2.30. The van der Waals surface area contributed by atoms with Crippen molar-refractivity contribution < 1.29 is 9.53 Å². The number of hydrogen-bond acceptors (Lipinski definition) is 3. The molecule has 5 heteroatoms. The topological polar surface area (TPSA) is 53.2 Å². The van der Waals surface area contributed by atoms with Crippen LogP contribution in [-0.4, -0.2) is 21.7 Å². The Kier molecular flexibility index (Phi) is 4.49. The third-order valence-corrected chi connectivity index (χ3v) is 6.77. The van der Waals surface area contributed by atoms with Gasteiger partial charge in [0.15, 0.2) is 0 Å². The van der Waals surface area contributed by atoms with E-state index in [0.29, 0.717) is 24.5 Å². The molecule has 0 amide bonds. The summed E-state index contributed by atoms with van der Waals surface area (Å²) in [6, 6.07) is 7.57. The number of carbonyl (C=O) groups excluding carboxylic acids is 1. The van der Waals surface area contributed by atoms with Gasteiger partial charge in [-0.3, -0.25) is 13.9 Å². The molecule has 1 heterocycles. The first-order valence-corrected chi connectivity index (χ1v) is 9.96. The predicted octanol–water partition coefficient (Wildman–Crippen LogP) is 3.75. The highest BCUT2D eigenvalue weighted by Gasteiger charge is 2.50. The van der Waals surface area contributed by atoms with Gasteiger partial charge in [-0.25, -0.2) is 4.79 Å². The molecule has 0 aliphatic heterocycles. The van der Waals surface area contributed by atoms with Crippen molar-refractivity contribution in [2.24, 2.45) is 17.3 Å². The summed E-state index contributed by atoms with van der Waals surface area (Å²) in [6.45, 7) is 7.56. The number of allylic oxidation sites excluding steroid dienone is 1. The molecule has 27 heavy (non-hydrogen) atoms. The molecule has 2 bridgehead atoms. The maximum Gasteiger partial charge on any atom is 0.329 e. The summed E-state index contributed by atoms with van der Waals surface area (Å²) in [7, 11) is 0. The minimum atomic E-state index is -0.349. The number of ether oxygens (including phenoxy) is 1. The molecule has 0 N–H and O–H groups in total. The second-order valence-electron chi connectivity index (χ2n) is 8.39. The molecule has 0 saturated heterocycles. The lowest BCUT2D eigenvalue weighted by Crippen LogP contribution is -2.48. The molecule has 0 unspecified atom stereocenters. The van der Waals surface area contributed by atoms with E-state index >= 15 is 0 Å². The minimum Gasteiger partial charge on any atom is -0.464 e. The lowest BCUT2D eigenvalue weighted by molar-refractivity contribution is -0.144. The van der Waals surface area contributed by atoms with E-state index < -0.39 is 0 Å². The maximum atomic E-state index is 12.6. The largest absolute Gasteiger partial charge is 0.464 e. The number of para-hydroxylation sites is 2. The number of fused-ring (bicyclic) bond motifs is 2. The summed E-state index contributed by atoms with van der Waals surface area (Å²) in [5.74, 6) is 1.11. The number of aromatic nitrogens is 2. The fraction of sp³-hybridized carbons (Fsp3) is 0.545. The number of benzene rings is 1. The number of nitrogens with zero attached hydrogens (tertiary/aromatic N) is 2. The molecular formula is C22H28N2O3. The van der Waals surface area contributed by atoms with Gasteiger partial charge in [-0.1, -0.05) is 37.6 Å². The van der Waals surface area contributed by atoms with Crippen LogP contribution in [0.3, 0.4) is 0 Å². The number of hydrogen-bond donors (Lipinski definition) is 0. The highest BCUT2D eigenvalue weighted by atomic mass is 16.5. The Morgan fingerprint density at radius 3 is 2.56 bits per heavy atom. The van der Waals surface area contributed by atoms with Crippen molar-refractivity contribution in [2.75, 3.05) is 6.61 Å². The summed E-state index contributed by atoms with van der Waals surface area (Å²) in [6.07, 6.45) is 5.58. The Bertz CT molecular complexity index is 964. The van der Waals surface area contributed by atoms with Crippen molar-refractivity contribution in [3.05, 3.63) is 46.4 Å². The Balaban J connectivity index is 1.40. The van der Waals surface area contributed by atoms with Crippen molar-refractivity contribution in [3.63, 3.8) is 0 Å². The van der Waals surface area contributed by atoms with E-state index in [-0.39, 0.29) is 18.2 Å². The second-order valence-corrected chi connectivity index (χ2v) is 8.39. The van der Waals surface area contributed by atoms with Crippen molar-refractivity contribution >= 4 is 17.0 Å². The molecule has 1 aromatic carbocycles. The van der Waals surface area contributed by atoms with Crippen molar-refractivity contribution in [2.45, 2.75) is 53.1 Å². The summed E-state index contributed by atoms with van der Waals surface area (Å²) < 4.78 is 8.68. The number of esters is 1. The van der Waals surface area contributed by atoms with Gasteiger partial charge in [-0.15, -0.1) is 0 Å². The smallest absolute Gasteiger partial charge is 0.329 e. The van der Waals surface area contributed by atoms with E-state index in [0.717, 1.165) is 29.8 Å². The first-order chi connectivity index (χ1) is 12.9. The third-order valence-electron chi connectivity index (χ3n) is 6.77. The van der Waals surface area contributed by atoms with Crippen LogP contribution in [0.25, 0.3) is 11.0 Å². The Morgan fingerprint density at radius 2 is 1.93 bits per heavy atom. The van der Waals surface area contributed by atoms with Gasteiger partial charge in [-0.05, 0) is 49.1 Å². The minimum absolute atomic E-state index is 0.0393. The van der Waals surface area contributed by atoms with Gasteiger partial charge in [0.25, 0.3) is 0 Å². The molecule has 2 aromatic rings. The zero-order valence-electron chi connectivity index (χ0n) is 16.4. The van der Waals surface area contributed by atoms with Gasteiger partial charge >= 0.3 is 11.7 Å². The summed E-state index contributed by atoms with van der Waals surface area (Å²) in [5, 5.41) is 0. The lowest BCUT2D eigenvalue weighted by Gasteiger charge is -2.56. The Morgan fingerprint density at radius 1 is 1.22 bits per heavy atom. The van der Waals surface area contributed by atoms with Crippen LogP contribution in [0.1, 0.15) is 40.0 Å². The van der Waals surface area contributed by atoms with E-state index in [9.17, 15) is 9.59 Å². The molecule has 1 aromatic heterocycles. The number of aryl methyl sites for hydroxylation is 1. The lowest BCUT2D eigenvalue weighted by atomic mass is 9.48. The quantitative estimate of drug-likeness (QED) is 0.576. The zero-order chi connectivity index (χ0) is 19.2. The highest BCUT2D eigenvalue weighted by Crippen LogP contribution is 2.59. The number of imidazole rings is 1. The van der Waals surface area contributed by atoms with Gasteiger partial charge in [0, 0.05) is 13.0 Å². The van der Waals surface area contributed by atoms with Gasteiger partial charge < -0.3 is 4.74 Å². The maximum absolute atomic E-state index is 12.6. The summed E-state index contributed by atoms with van der Waals surface area (Å²) in [5.41, 5.74) is 3.30.